The van der Waals surface area contributed by atoms with Crippen LogP contribution in [0.2, 0.25) is 0 Å². The lowest BCUT2D eigenvalue weighted by Crippen LogP contribution is -2.46. The van der Waals surface area contributed by atoms with Gasteiger partial charge >= 0.3 is 11.9 Å². The molecule has 2 aromatic carbocycles. The van der Waals surface area contributed by atoms with E-state index >= 15 is 0 Å². The van der Waals surface area contributed by atoms with E-state index in [4.69, 9.17) is 14.6 Å². The molecule has 1 aliphatic heterocycles. The summed E-state index contributed by atoms with van der Waals surface area (Å²) in [6, 6.07) is 15.1. The van der Waals surface area contributed by atoms with E-state index in [0.29, 0.717) is 46.5 Å². The Morgan fingerprint density at radius 1 is 1.14 bits per heavy atom. The number of sulfonamides is 1. The summed E-state index contributed by atoms with van der Waals surface area (Å²) in [5.74, 6) is -1.80. The molecule has 1 aliphatic rings. The van der Waals surface area contributed by atoms with Crippen molar-refractivity contribution in [3.05, 3.63) is 63.9 Å². The number of carboxylic acids is 1. The summed E-state index contributed by atoms with van der Waals surface area (Å²) in [6.45, 7) is 0.764. The van der Waals surface area contributed by atoms with Gasteiger partial charge in [-0.25, -0.2) is 18.0 Å². The summed E-state index contributed by atoms with van der Waals surface area (Å²) in [6.07, 6.45) is 1.30. The summed E-state index contributed by atoms with van der Waals surface area (Å²) < 4.78 is 39.8. The summed E-state index contributed by atoms with van der Waals surface area (Å²) in [4.78, 5) is 24.3. The fourth-order valence-electron chi connectivity index (χ4n) is 4.15. The standard InChI is InChI=1S/C25H25BrN2O7S2/c1-34-25(31)24-22(35-15-20(29)30)21(26)23(36-24)16-6-5-7-18(14-16)28(17-10-12-27-13-11-17)37(32,33)19-8-3-2-4-9-19/h2-9,14,17,27H,10-13,15H2,1H3,(H,29,30). The Kier molecular flexibility index (Phi) is 8.53. The molecule has 0 unspecified atom stereocenters. The van der Waals surface area contributed by atoms with Gasteiger partial charge in [0.05, 0.1) is 27.0 Å². The van der Waals surface area contributed by atoms with Crippen LogP contribution < -0.4 is 14.4 Å². The number of nitrogens with one attached hydrogen (secondary N) is 1. The molecule has 196 valence electrons. The molecule has 0 aliphatic carbocycles. The highest BCUT2D eigenvalue weighted by atomic mass is 79.9. The van der Waals surface area contributed by atoms with Crippen LogP contribution in [0.3, 0.4) is 0 Å². The van der Waals surface area contributed by atoms with Gasteiger partial charge < -0.3 is 19.9 Å². The predicted octanol–water partition coefficient (Wildman–Crippen LogP) is 4.37. The van der Waals surface area contributed by atoms with E-state index in [1.807, 2.05) is 0 Å². The van der Waals surface area contributed by atoms with Crippen molar-refractivity contribution in [1.29, 1.82) is 0 Å². The van der Waals surface area contributed by atoms with Crippen molar-refractivity contribution in [1.82, 2.24) is 5.32 Å². The number of hydrogen-bond donors (Lipinski definition) is 2. The third kappa shape index (κ3) is 5.82. The Bertz CT molecular complexity index is 1390. The molecule has 0 saturated carbocycles. The third-order valence-electron chi connectivity index (χ3n) is 5.82. The number of methoxy groups -OCH3 is 1. The second kappa shape index (κ2) is 11.6. The summed E-state index contributed by atoms with van der Waals surface area (Å²) in [7, 11) is -2.64. The molecule has 0 bridgehead atoms. The average Bonchev–Trinajstić information content (AvgIpc) is 3.24. The maximum absolute atomic E-state index is 13.8. The van der Waals surface area contributed by atoms with Gasteiger partial charge in [0.25, 0.3) is 10.0 Å². The number of carbonyl (C=O) groups excluding carboxylic acids is 1. The molecule has 2 N–H and O–H groups in total. The first kappa shape index (κ1) is 27.1. The van der Waals surface area contributed by atoms with Crippen molar-refractivity contribution in [3.63, 3.8) is 0 Å². The lowest BCUT2D eigenvalue weighted by molar-refractivity contribution is -0.139. The molecule has 4 rings (SSSR count). The number of carbonyl (C=O) groups is 2. The summed E-state index contributed by atoms with van der Waals surface area (Å²) >= 11 is 4.51. The van der Waals surface area contributed by atoms with Gasteiger partial charge in [-0.2, -0.15) is 0 Å². The van der Waals surface area contributed by atoms with E-state index in [2.05, 4.69) is 21.2 Å². The number of anilines is 1. The number of aliphatic carboxylic acids is 1. The monoisotopic (exact) mass is 608 g/mol. The molecule has 3 aromatic rings. The largest absolute Gasteiger partial charge is 0.479 e. The Balaban J connectivity index is 1.81. The molecule has 1 fully saturated rings. The highest BCUT2D eigenvalue weighted by Gasteiger charge is 2.33. The van der Waals surface area contributed by atoms with Crippen LogP contribution in [0.1, 0.15) is 22.5 Å². The van der Waals surface area contributed by atoms with E-state index in [1.165, 1.54) is 11.4 Å². The Morgan fingerprint density at radius 3 is 2.49 bits per heavy atom. The number of carboxylic acid groups (broad SMARTS) is 1. The van der Waals surface area contributed by atoms with Crippen molar-refractivity contribution in [2.45, 2.75) is 23.8 Å². The highest BCUT2D eigenvalue weighted by molar-refractivity contribution is 9.10. The molecule has 1 aromatic heterocycles. The summed E-state index contributed by atoms with van der Waals surface area (Å²) in [5.41, 5.74) is 1.12. The van der Waals surface area contributed by atoms with Gasteiger partial charge in [-0.05, 0) is 71.7 Å². The molecule has 1 saturated heterocycles. The maximum atomic E-state index is 13.8. The van der Waals surface area contributed by atoms with Crippen LogP contribution in [0, 0.1) is 0 Å². The molecule has 0 spiro atoms. The minimum absolute atomic E-state index is 0.0618. The molecule has 0 atom stereocenters. The molecule has 0 radical (unpaired) electrons. The summed E-state index contributed by atoms with van der Waals surface area (Å²) in [5, 5.41) is 12.3. The lowest BCUT2D eigenvalue weighted by Gasteiger charge is -2.35. The van der Waals surface area contributed by atoms with Gasteiger partial charge in [0.1, 0.15) is 0 Å². The molecular weight excluding hydrogens is 584 g/mol. The van der Waals surface area contributed by atoms with E-state index < -0.39 is 28.6 Å². The number of thiophene rings is 1. The van der Waals surface area contributed by atoms with Gasteiger partial charge in [-0.3, -0.25) is 4.31 Å². The van der Waals surface area contributed by atoms with Crippen molar-refractivity contribution < 1.29 is 32.6 Å². The van der Waals surface area contributed by atoms with Crippen LogP contribution in [0.25, 0.3) is 10.4 Å². The number of piperidine rings is 1. The smallest absolute Gasteiger partial charge is 0.351 e. The quantitative estimate of drug-likeness (QED) is 0.343. The van der Waals surface area contributed by atoms with Crippen LogP contribution in [0.4, 0.5) is 5.69 Å². The number of ether oxygens (including phenoxy) is 2. The zero-order valence-electron chi connectivity index (χ0n) is 19.8. The SMILES string of the molecule is COC(=O)c1sc(-c2cccc(N(C3CCNCC3)S(=O)(=O)c3ccccc3)c2)c(Br)c1OCC(=O)O. The zero-order valence-corrected chi connectivity index (χ0v) is 23.1. The lowest BCUT2D eigenvalue weighted by atomic mass is 10.1. The Labute approximate surface area is 227 Å². The van der Waals surface area contributed by atoms with E-state index in [1.54, 1.807) is 54.6 Å². The van der Waals surface area contributed by atoms with Crippen LogP contribution in [-0.2, 0) is 19.6 Å². The van der Waals surface area contributed by atoms with Crippen LogP contribution in [0.5, 0.6) is 5.75 Å². The first-order valence-electron chi connectivity index (χ1n) is 11.4. The van der Waals surface area contributed by atoms with E-state index in [-0.39, 0.29) is 21.6 Å². The maximum Gasteiger partial charge on any atom is 0.351 e. The van der Waals surface area contributed by atoms with Gasteiger partial charge in [0, 0.05) is 6.04 Å². The van der Waals surface area contributed by atoms with Gasteiger partial charge in [0.2, 0.25) is 0 Å². The van der Waals surface area contributed by atoms with Gasteiger partial charge in [-0.15, -0.1) is 11.3 Å². The fraction of sp³-hybridized carbons (Fsp3) is 0.280. The Hall–Kier alpha value is -2.93. The molecule has 0 amide bonds. The molecule has 12 heteroatoms. The minimum Gasteiger partial charge on any atom is -0.479 e. The number of rotatable bonds is 9. The topological polar surface area (TPSA) is 122 Å². The normalized spacial score (nSPS) is 14.2. The third-order valence-corrected chi connectivity index (χ3v) is 9.94. The predicted molar refractivity (Wildman–Crippen MR) is 144 cm³/mol. The van der Waals surface area contributed by atoms with E-state index in [0.717, 1.165) is 11.3 Å². The van der Waals surface area contributed by atoms with Crippen LogP contribution in [-0.4, -0.2) is 58.3 Å². The second-order valence-electron chi connectivity index (χ2n) is 8.22. The van der Waals surface area contributed by atoms with Crippen molar-refractivity contribution >= 4 is 54.9 Å². The van der Waals surface area contributed by atoms with Crippen molar-refractivity contribution in [3.8, 4) is 16.2 Å². The first-order valence-corrected chi connectivity index (χ1v) is 14.4. The van der Waals surface area contributed by atoms with Gasteiger partial charge in [0.15, 0.2) is 17.2 Å². The number of esters is 1. The zero-order chi connectivity index (χ0) is 26.6. The second-order valence-corrected chi connectivity index (χ2v) is 11.9. The number of nitrogens with zero attached hydrogens (tertiary/aromatic N) is 1. The van der Waals surface area contributed by atoms with Crippen molar-refractivity contribution in [2.24, 2.45) is 0 Å². The average molecular weight is 610 g/mol. The highest BCUT2D eigenvalue weighted by Crippen LogP contribution is 2.47. The number of halogens is 1. The molecular formula is C25H25BrN2O7S2. The van der Waals surface area contributed by atoms with Gasteiger partial charge in [-0.1, -0.05) is 30.3 Å². The van der Waals surface area contributed by atoms with Crippen molar-refractivity contribution in [2.75, 3.05) is 31.1 Å². The molecule has 2 heterocycles. The fourth-order valence-corrected chi connectivity index (χ4v) is 7.84. The molecule has 37 heavy (non-hydrogen) atoms. The number of benzene rings is 2. The van der Waals surface area contributed by atoms with Crippen LogP contribution in [0.15, 0.2) is 64.0 Å². The first-order chi connectivity index (χ1) is 17.7. The van der Waals surface area contributed by atoms with Crippen LogP contribution >= 0.6 is 27.3 Å². The Morgan fingerprint density at radius 2 is 1.84 bits per heavy atom. The van der Waals surface area contributed by atoms with E-state index in [9.17, 15) is 18.0 Å². The molecule has 9 nitrogen and oxygen atoms in total. The number of hydrogen-bond acceptors (Lipinski definition) is 8. The minimum atomic E-state index is -3.87.